The first-order valence-electron chi connectivity index (χ1n) is 19.4. The number of H-pyrrole nitrogens is 1. The van der Waals surface area contributed by atoms with Gasteiger partial charge < -0.3 is 40.6 Å². The fourth-order valence-corrected chi connectivity index (χ4v) is 7.62. The van der Waals surface area contributed by atoms with E-state index in [-0.39, 0.29) is 23.3 Å². The van der Waals surface area contributed by atoms with Crippen molar-refractivity contribution in [2.45, 2.75) is 50.5 Å². The van der Waals surface area contributed by atoms with Gasteiger partial charge in [0.1, 0.15) is 24.2 Å². The molecule has 2 amide bonds. The van der Waals surface area contributed by atoms with Crippen LogP contribution in [0.15, 0.2) is 108 Å². The van der Waals surface area contributed by atoms with Gasteiger partial charge in [-0.2, -0.15) is 0 Å². The number of aromatic amines is 1. The summed E-state index contributed by atoms with van der Waals surface area (Å²) in [5.74, 6) is 0.881. The normalized spacial score (nSPS) is 18.6. The highest BCUT2D eigenvalue weighted by Gasteiger charge is 2.37. The van der Waals surface area contributed by atoms with Crippen molar-refractivity contribution in [3.8, 4) is 11.5 Å². The number of unbranched alkanes of at least 4 members (excludes halogenated alkanes) is 1. The van der Waals surface area contributed by atoms with Crippen LogP contribution < -0.4 is 26.2 Å². The molecule has 3 aliphatic heterocycles. The first-order chi connectivity index (χ1) is 27.3. The Labute approximate surface area is 325 Å². The number of rotatable bonds is 16. The van der Waals surface area contributed by atoms with E-state index >= 15 is 0 Å². The molecule has 1 aromatic heterocycles. The molecule has 12 nitrogen and oxygen atoms in total. The maximum atomic E-state index is 13.2. The number of hydrogen-bond acceptors (Lipinski definition) is 9. The second kappa shape index (κ2) is 18.3. The number of fused-ring (bicyclic) bond motifs is 4. The molecule has 0 saturated carbocycles. The number of ether oxygens (including phenoxy) is 2. The van der Waals surface area contributed by atoms with Crippen LogP contribution in [0.1, 0.15) is 70.4 Å². The number of aromatic hydroxyl groups is 1. The molecule has 3 unspecified atom stereocenters. The Morgan fingerprint density at radius 3 is 2.41 bits per heavy atom. The van der Waals surface area contributed by atoms with Gasteiger partial charge in [0.05, 0.1) is 17.7 Å². The summed E-state index contributed by atoms with van der Waals surface area (Å²) in [6.45, 7) is 4.72. The molecule has 3 saturated heterocycles. The van der Waals surface area contributed by atoms with E-state index in [4.69, 9.17) is 9.47 Å². The number of pyridine rings is 1. The van der Waals surface area contributed by atoms with Crippen molar-refractivity contribution in [3.63, 3.8) is 0 Å². The van der Waals surface area contributed by atoms with Gasteiger partial charge in [0.15, 0.2) is 0 Å². The molecule has 0 aliphatic carbocycles. The summed E-state index contributed by atoms with van der Waals surface area (Å²) in [6, 6.07) is 30.5. The van der Waals surface area contributed by atoms with Gasteiger partial charge >= 0.3 is 6.09 Å². The topological polar surface area (TPSA) is 165 Å². The number of amides is 2. The van der Waals surface area contributed by atoms with E-state index in [1.54, 1.807) is 24.3 Å². The lowest BCUT2D eigenvalue weighted by Crippen LogP contribution is -2.52. The zero-order valence-electron chi connectivity index (χ0n) is 31.3. The van der Waals surface area contributed by atoms with Gasteiger partial charge in [0.2, 0.25) is 5.56 Å². The Morgan fingerprint density at radius 2 is 1.64 bits per heavy atom. The Bertz CT molecular complexity index is 2150. The summed E-state index contributed by atoms with van der Waals surface area (Å²) in [4.78, 5) is 42.6. The molecule has 8 rings (SSSR count). The van der Waals surface area contributed by atoms with Crippen LogP contribution in [0, 0.1) is 5.92 Å². The predicted molar refractivity (Wildman–Crippen MR) is 214 cm³/mol. The highest BCUT2D eigenvalue weighted by Crippen LogP contribution is 2.31. The van der Waals surface area contributed by atoms with E-state index < -0.39 is 18.2 Å². The summed E-state index contributed by atoms with van der Waals surface area (Å²) < 4.78 is 12.1. The highest BCUT2D eigenvalue weighted by molar-refractivity contribution is 5.94. The van der Waals surface area contributed by atoms with Crippen LogP contribution in [0.4, 0.5) is 4.79 Å². The smallest absolute Gasteiger partial charge is 0.408 e. The minimum atomic E-state index is -0.826. The van der Waals surface area contributed by atoms with E-state index in [0.717, 1.165) is 62.0 Å². The van der Waals surface area contributed by atoms with E-state index in [0.29, 0.717) is 59.9 Å². The monoisotopic (exact) mass is 759 g/mol. The summed E-state index contributed by atoms with van der Waals surface area (Å²) in [5.41, 5.74) is 3.87. The molecule has 5 aromatic rings. The van der Waals surface area contributed by atoms with Crippen molar-refractivity contribution in [2.24, 2.45) is 5.92 Å². The molecule has 0 radical (unpaired) electrons. The average molecular weight is 760 g/mol. The average Bonchev–Trinajstić information content (AvgIpc) is 3.23. The molecule has 4 heterocycles. The Kier molecular flexibility index (Phi) is 12.6. The first kappa shape index (κ1) is 38.6. The van der Waals surface area contributed by atoms with Gasteiger partial charge in [0.25, 0.3) is 5.91 Å². The summed E-state index contributed by atoms with van der Waals surface area (Å²) in [6.07, 6.45) is 2.36. The zero-order valence-corrected chi connectivity index (χ0v) is 31.3. The number of piperidine rings is 3. The summed E-state index contributed by atoms with van der Waals surface area (Å²) in [7, 11) is 0. The summed E-state index contributed by atoms with van der Waals surface area (Å²) in [5, 5.41) is 30.7. The van der Waals surface area contributed by atoms with Crippen LogP contribution in [0.3, 0.4) is 0 Å². The second-order valence-corrected chi connectivity index (χ2v) is 14.6. The number of nitrogens with one attached hydrogen (secondary N) is 4. The van der Waals surface area contributed by atoms with Crippen LogP contribution >= 0.6 is 0 Å². The number of aliphatic hydroxyl groups excluding tert-OH is 1. The number of aliphatic hydroxyl groups is 1. The van der Waals surface area contributed by atoms with Crippen LogP contribution in [0.2, 0.25) is 0 Å². The molecule has 4 aromatic carbocycles. The zero-order chi connectivity index (χ0) is 38.9. The minimum Gasteiger partial charge on any atom is -0.506 e. The lowest BCUT2D eigenvalue weighted by Gasteiger charge is -2.43. The largest absolute Gasteiger partial charge is 0.506 e. The first-order valence-corrected chi connectivity index (χ1v) is 19.4. The number of nitrogens with zero attached hydrogens (tertiary/aromatic N) is 1. The van der Waals surface area contributed by atoms with Gasteiger partial charge in [-0.25, -0.2) is 4.79 Å². The van der Waals surface area contributed by atoms with Crippen molar-refractivity contribution in [1.82, 2.24) is 25.8 Å². The number of alkyl carbamates (subject to hydrolysis) is 1. The highest BCUT2D eigenvalue weighted by atomic mass is 16.6. The Balaban J connectivity index is 0.844. The lowest BCUT2D eigenvalue weighted by molar-refractivity contribution is -0.0336. The van der Waals surface area contributed by atoms with Crippen molar-refractivity contribution >= 4 is 22.9 Å². The van der Waals surface area contributed by atoms with E-state index in [2.05, 4.69) is 25.8 Å². The van der Waals surface area contributed by atoms with Crippen molar-refractivity contribution in [1.29, 1.82) is 0 Å². The SMILES string of the molecule is O=C(NC(c1ccccc1)c1cccc(OCc2ccc(C(=O)NCCCCNCC(O)c3ccc(O)c4[nH]c(=O)ccc34)cc2)c1)OC1CN2CCC1CC2. The van der Waals surface area contributed by atoms with Crippen molar-refractivity contribution in [2.75, 3.05) is 39.3 Å². The molecule has 3 aliphatic rings. The van der Waals surface area contributed by atoms with E-state index in [9.17, 15) is 24.6 Å². The van der Waals surface area contributed by atoms with E-state index in [1.807, 2.05) is 66.7 Å². The number of carbonyl (C=O) groups is 2. The van der Waals surface area contributed by atoms with Crippen molar-refractivity contribution in [3.05, 3.63) is 141 Å². The lowest BCUT2D eigenvalue weighted by atomic mass is 9.86. The van der Waals surface area contributed by atoms with Crippen molar-refractivity contribution < 1.29 is 29.3 Å². The molecule has 2 bridgehead atoms. The minimum absolute atomic E-state index is 0.0473. The molecular weight excluding hydrogens is 711 g/mol. The van der Waals surface area contributed by atoms with Gasteiger partial charge in [0, 0.05) is 36.7 Å². The van der Waals surface area contributed by atoms with Crippen LogP contribution in [-0.4, -0.2) is 77.5 Å². The molecule has 292 valence electrons. The van der Waals surface area contributed by atoms with Gasteiger partial charge in [-0.1, -0.05) is 60.7 Å². The fraction of sp³-hybridized carbons (Fsp3) is 0.341. The predicted octanol–water partition coefficient (Wildman–Crippen LogP) is 5.56. The number of phenolic OH excluding ortho intramolecular Hbond substituents is 1. The fourth-order valence-electron chi connectivity index (χ4n) is 7.62. The summed E-state index contributed by atoms with van der Waals surface area (Å²) >= 11 is 0. The molecule has 56 heavy (non-hydrogen) atoms. The van der Waals surface area contributed by atoms with Gasteiger partial charge in [-0.3, -0.25) is 14.5 Å². The Morgan fingerprint density at radius 1 is 0.875 bits per heavy atom. The number of hydrogen-bond donors (Lipinski definition) is 6. The second-order valence-electron chi connectivity index (χ2n) is 14.6. The third-order valence-electron chi connectivity index (χ3n) is 10.7. The molecular formula is C44H49N5O7. The molecule has 3 atom stereocenters. The van der Waals surface area contributed by atoms with Crippen LogP contribution in [0.25, 0.3) is 10.9 Å². The Hall–Kier alpha value is -5.69. The third-order valence-corrected chi connectivity index (χ3v) is 10.7. The third kappa shape index (κ3) is 9.75. The maximum absolute atomic E-state index is 13.2. The standard InChI is InChI=1S/C44H49N5O7/c50-37-17-15-35(36-16-18-40(52)47-42(36)37)38(51)26-45-21-4-5-22-46-43(53)32-13-11-29(12-14-32)28-55-34-10-6-9-33(25-34)41(31-7-2-1-3-8-31)48-44(54)56-39-27-49-23-19-30(39)20-24-49/h1-3,6-18,25,30,38-39,41,45,50-51H,4-5,19-24,26-28H2,(H,46,53)(H,47,52)(H,48,54). The van der Waals surface area contributed by atoms with Gasteiger partial charge in [-0.05, 0) is 110 Å². The van der Waals surface area contributed by atoms with Gasteiger partial charge in [-0.15, -0.1) is 0 Å². The molecule has 12 heteroatoms. The molecule has 0 spiro atoms. The van der Waals surface area contributed by atoms with E-state index in [1.165, 1.54) is 12.1 Å². The number of phenols is 1. The maximum Gasteiger partial charge on any atom is 0.408 e. The van der Waals surface area contributed by atoms with Crippen LogP contribution in [-0.2, 0) is 11.3 Å². The number of benzene rings is 4. The molecule has 6 N–H and O–H groups in total. The number of carbonyl (C=O) groups excluding carboxylic acids is 2. The molecule has 3 fully saturated rings. The quantitative estimate of drug-likeness (QED) is 0.0708. The number of aromatic nitrogens is 1. The van der Waals surface area contributed by atoms with Crippen LogP contribution in [0.5, 0.6) is 11.5 Å².